The number of anilines is 3. The minimum Gasteiger partial charge on any atom is -0.488 e. The first-order chi connectivity index (χ1) is 17.9. The first kappa shape index (κ1) is 24.7. The van der Waals surface area contributed by atoms with E-state index in [1.54, 1.807) is 29.2 Å². The number of fused-ring (bicyclic) bond motifs is 1. The van der Waals surface area contributed by atoms with Crippen LogP contribution in [0.15, 0.2) is 60.7 Å². The van der Waals surface area contributed by atoms with Crippen LogP contribution in [0, 0.1) is 22.9 Å². The summed E-state index contributed by atoms with van der Waals surface area (Å²) in [7, 11) is 0. The van der Waals surface area contributed by atoms with Crippen LogP contribution >= 0.6 is 0 Å². The Morgan fingerprint density at radius 1 is 1.08 bits per heavy atom. The van der Waals surface area contributed by atoms with Gasteiger partial charge < -0.3 is 25.5 Å². The minimum atomic E-state index is -0.824. The summed E-state index contributed by atoms with van der Waals surface area (Å²) >= 11 is 0. The van der Waals surface area contributed by atoms with E-state index in [4.69, 9.17) is 20.6 Å². The Morgan fingerprint density at radius 3 is 2.43 bits per heavy atom. The van der Waals surface area contributed by atoms with Gasteiger partial charge in [0.2, 0.25) is 0 Å². The van der Waals surface area contributed by atoms with E-state index in [1.807, 2.05) is 19.1 Å². The molecule has 0 unspecified atom stereocenters. The second-order valence-electron chi connectivity index (χ2n) is 9.08. The molecule has 1 atom stereocenters. The van der Waals surface area contributed by atoms with Crippen LogP contribution in [0.3, 0.4) is 0 Å². The third kappa shape index (κ3) is 4.74. The third-order valence-corrected chi connectivity index (χ3v) is 6.63. The van der Waals surface area contributed by atoms with Gasteiger partial charge in [-0.2, -0.15) is 0 Å². The van der Waals surface area contributed by atoms with Crippen molar-refractivity contribution in [1.82, 2.24) is 4.90 Å². The van der Waals surface area contributed by atoms with E-state index in [2.05, 4.69) is 4.90 Å². The van der Waals surface area contributed by atoms with Gasteiger partial charge in [0, 0.05) is 49.4 Å². The van der Waals surface area contributed by atoms with Crippen LogP contribution in [0.1, 0.15) is 24.1 Å². The highest BCUT2D eigenvalue weighted by molar-refractivity contribution is 5.94. The molecule has 1 fully saturated rings. The third-order valence-electron chi connectivity index (χ3n) is 6.63. The van der Waals surface area contributed by atoms with Crippen LogP contribution in [0.4, 0.5) is 30.2 Å². The fraction of sp³-hybridized carbons (Fsp3) is 0.250. The van der Waals surface area contributed by atoms with Crippen molar-refractivity contribution in [2.45, 2.75) is 19.1 Å². The summed E-state index contributed by atoms with van der Waals surface area (Å²) in [6, 6.07) is 11.1. The molecule has 6 nitrogen and oxygen atoms in total. The van der Waals surface area contributed by atoms with Gasteiger partial charge in [-0.1, -0.05) is 24.3 Å². The molecule has 0 aromatic heterocycles. The summed E-state index contributed by atoms with van der Waals surface area (Å²) in [4.78, 5) is 3.83. The normalized spacial score (nSPS) is 17.8. The number of allylic oxidation sites excluding steroid dienone is 1. The number of nitrogen functional groups attached to an aromatic ring is 1. The summed E-state index contributed by atoms with van der Waals surface area (Å²) in [5.41, 5.74) is 8.16. The molecule has 0 saturated carbocycles. The number of nitrogens with zero attached hydrogens (tertiary/aromatic N) is 2. The molecule has 0 bridgehead atoms. The number of benzene rings is 3. The smallest absolute Gasteiger partial charge is 0.191 e. The van der Waals surface area contributed by atoms with Gasteiger partial charge >= 0.3 is 0 Å². The summed E-state index contributed by atoms with van der Waals surface area (Å²) in [6.45, 7) is 3.97. The molecule has 0 aliphatic carbocycles. The molecule has 3 aromatic rings. The summed E-state index contributed by atoms with van der Waals surface area (Å²) < 4.78 is 55.9. The summed E-state index contributed by atoms with van der Waals surface area (Å²) in [5.74, 6) is -2.12. The Labute approximate surface area is 213 Å². The SMILES string of the molecule is C/C=C/CN1CC(Oc2c(F)cc(N3c4ccc(N)c(C=N)c4OC[C@H]3c3ccc(F)cc3)cc2F)C1. The molecule has 0 spiro atoms. The first-order valence-corrected chi connectivity index (χ1v) is 12.0. The lowest BCUT2D eigenvalue weighted by Crippen LogP contribution is -2.53. The van der Waals surface area contributed by atoms with Crippen LogP contribution in [0.5, 0.6) is 11.5 Å². The number of rotatable bonds is 7. The van der Waals surface area contributed by atoms with Gasteiger partial charge in [0.1, 0.15) is 18.5 Å². The van der Waals surface area contributed by atoms with Crippen LogP contribution in [-0.2, 0) is 0 Å². The molecular weight excluding hydrogens is 481 g/mol. The van der Waals surface area contributed by atoms with E-state index in [9.17, 15) is 4.39 Å². The summed E-state index contributed by atoms with van der Waals surface area (Å²) in [6.07, 6.45) is 4.76. The predicted octanol–water partition coefficient (Wildman–Crippen LogP) is 5.59. The Balaban J connectivity index is 1.51. The standard InChI is InChI=1S/C28H27F3N4O2/c1-2-3-10-34-14-20(15-34)37-28-22(30)11-19(12-23(28)31)35-25-9-8-24(33)21(13-32)27(25)36-16-26(35)17-4-6-18(29)7-5-17/h2-9,11-13,20,26,32H,10,14-16,33H2,1H3/b3-2+,32-13?/t26-/m0/s1. The van der Waals surface area contributed by atoms with Crippen LogP contribution in [0.25, 0.3) is 0 Å². The van der Waals surface area contributed by atoms with Gasteiger partial charge in [-0.05, 0) is 36.8 Å². The zero-order valence-corrected chi connectivity index (χ0v) is 20.3. The van der Waals surface area contributed by atoms with Crippen molar-refractivity contribution in [3.63, 3.8) is 0 Å². The lowest BCUT2D eigenvalue weighted by molar-refractivity contribution is 0.0230. The molecule has 1 saturated heterocycles. The first-order valence-electron chi connectivity index (χ1n) is 12.0. The molecule has 2 heterocycles. The highest BCUT2D eigenvalue weighted by Gasteiger charge is 2.34. The largest absolute Gasteiger partial charge is 0.488 e. The number of hydrogen-bond donors (Lipinski definition) is 2. The van der Waals surface area contributed by atoms with Crippen molar-refractivity contribution >= 4 is 23.3 Å². The maximum atomic E-state index is 15.3. The topological polar surface area (TPSA) is 74.8 Å². The molecule has 2 aliphatic rings. The molecule has 3 N–H and O–H groups in total. The Bertz CT molecular complexity index is 1320. The summed E-state index contributed by atoms with van der Waals surface area (Å²) in [5, 5.41) is 7.78. The van der Waals surface area contributed by atoms with Crippen LogP contribution in [0.2, 0.25) is 0 Å². The number of ether oxygens (including phenoxy) is 2. The van der Waals surface area contributed by atoms with Crippen LogP contribution in [-0.4, -0.2) is 43.5 Å². The van der Waals surface area contributed by atoms with Crippen LogP contribution < -0.4 is 20.1 Å². The quantitative estimate of drug-likeness (QED) is 0.247. The molecule has 37 heavy (non-hydrogen) atoms. The lowest BCUT2D eigenvalue weighted by atomic mass is 10.00. The number of likely N-dealkylation sites (tertiary alicyclic amines) is 1. The van der Waals surface area contributed by atoms with Crippen molar-refractivity contribution in [2.75, 3.05) is 36.9 Å². The van der Waals surface area contributed by atoms with E-state index >= 15 is 8.78 Å². The Kier molecular flexibility index (Phi) is 6.80. The number of nitrogens with two attached hydrogens (primary N) is 1. The fourth-order valence-electron chi connectivity index (χ4n) is 4.71. The van der Waals surface area contributed by atoms with Crippen molar-refractivity contribution < 1.29 is 22.6 Å². The molecule has 0 radical (unpaired) electrons. The highest BCUT2D eigenvalue weighted by atomic mass is 19.1. The van der Waals surface area contributed by atoms with E-state index in [0.717, 1.165) is 12.8 Å². The molecule has 3 aromatic carbocycles. The van der Waals surface area contributed by atoms with Crippen molar-refractivity contribution in [2.24, 2.45) is 0 Å². The monoisotopic (exact) mass is 508 g/mol. The predicted molar refractivity (Wildman–Crippen MR) is 138 cm³/mol. The molecule has 192 valence electrons. The average Bonchev–Trinajstić information content (AvgIpc) is 2.86. The molecule has 0 amide bonds. The zero-order chi connectivity index (χ0) is 26.1. The van der Waals surface area contributed by atoms with E-state index in [0.29, 0.717) is 41.3 Å². The minimum absolute atomic E-state index is 0.0918. The average molecular weight is 509 g/mol. The van der Waals surface area contributed by atoms with Gasteiger partial charge in [0.25, 0.3) is 0 Å². The van der Waals surface area contributed by atoms with Gasteiger partial charge in [0.05, 0.1) is 17.3 Å². The number of halogens is 3. The van der Waals surface area contributed by atoms with E-state index in [1.165, 1.54) is 24.3 Å². The molecule has 9 heteroatoms. The maximum absolute atomic E-state index is 15.3. The zero-order valence-electron chi connectivity index (χ0n) is 20.3. The van der Waals surface area contributed by atoms with Gasteiger partial charge in [-0.3, -0.25) is 4.90 Å². The maximum Gasteiger partial charge on any atom is 0.191 e. The van der Waals surface area contributed by atoms with Gasteiger partial charge in [-0.25, -0.2) is 13.2 Å². The lowest BCUT2D eigenvalue weighted by Gasteiger charge is -2.40. The molecular formula is C28H27F3N4O2. The second-order valence-corrected chi connectivity index (χ2v) is 9.08. The van der Waals surface area contributed by atoms with Gasteiger partial charge in [0.15, 0.2) is 23.1 Å². The number of hydrogen-bond acceptors (Lipinski definition) is 6. The van der Waals surface area contributed by atoms with Crippen molar-refractivity contribution in [3.05, 3.63) is 89.3 Å². The second kappa shape index (κ2) is 10.2. The van der Waals surface area contributed by atoms with Gasteiger partial charge in [-0.15, -0.1) is 0 Å². The van der Waals surface area contributed by atoms with Crippen molar-refractivity contribution in [1.29, 1.82) is 5.41 Å². The Hall–Kier alpha value is -3.98. The Morgan fingerprint density at radius 2 is 1.78 bits per heavy atom. The molecule has 5 rings (SSSR count). The highest BCUT2D eigenvalue weighted by Crippen LogP contribution is 2.47. The fourth-order valence-corrected chi connectivity index (χ4v) is 4.71. The van der Waals surface area contributed by atoms with E-state index < -0.39 is 29.2 Å². The van der Waals surface area contributed by atoms with E-state index in [-0.39, 0.29) is 18.4 Å². The molecule has 2 aliphatic heterocycles. The number of nitrogens with one attached hydrogen (secondary N) is 1. The van der Waals surface area contributed by atoms with Crippen molar-refractivity contribution in [3.8, 4) is 11.5 Å².